The van der Waals surface area contributed by atoms with Gasteiger partial charge in [0.2, 0.25) is 0 Å². The predicted octanol–water partition coefficient (Wildman–Crippen LogP) is 5.61. The van der Waals surface area contributed by atoms with Crippen LogP contribution in [0.2, 0.25) is 5.02 Å². The smallest absolute Gasteiger partial charge is 0.321 e. The Kier molecular flexibility index (Phi) is 6.85. The van der Waals surface area contributed by atoms with Crippen molar-refractivity contribution in [1.82, 2.24) is 10.3 Å². The van der Waals surface area contributed by atoms with E-state index in [4.69, 9.17) is 16.3 Å². The van der Waals surface area contributed by atoms with E-state index in [-0.39, 0.29) is 35.7 Å². The standard InChI is InChI=1S/C26H27ClN4O4S/c1-3-35-24(33)20-14-7-8-15(11-14)22(20)30-25(34)31-26-28-18-10-9-16(12-19(18)36-26)23(32)29-21-13(2)5-4-6-17(21)27/h4-6,9-10,12,14-15,20,22H,3,7-8,11H2,1-2H3,(H,29,32)(H2,28,30,31,34). The summed E-state index contributed by atoms with van der Waals surface area (Å²) in [4.78, 5) is 42.6. The molecule has 0 spiro atoms. The highest BCUT2D eigenvalue weighted by Crippen LogP contribution is 2.49. The lowest BCUT2D eigenvalue weighted by Gasteiger charge is -2.29. The van der Waals surface area contributed by atoms with Crippen molar-refractivity contribution in [1.29, 1.82) is 0 Å². The topological polar surface area (TPSA) is 109 Å². The van der Waals surface area contributed by atoms with Gasteiger partial charge in [-0.05, 0) is 74.8 Å². The monoisotopic (exact) mass is 526 g/mol. The number of esters is 1. The lowest BCUT2D eigenvalue weighted by molar-refractivity contribution is -0.150. The number of hydrogen-bond acceptors (Lipinski definition) is 6. The molecule has 4 atom stereocenters. The second kappa shape index (κ2) is 10.1. The highest BCUT2D eigenvalue weighted by molar-refractivity contribution is 7.22. The SMILES string of the molecule is CCOC(=O)C1C2CCC(C2)C1NC(=O)Nc1nc2ccc(C(=O)Nc3c(C)cccc3Cl)cc2s1. The molecule has 3 aromatic rings. The number of hydrogen-bond donors (Lipinski definition) is 3. The maximum absolute atomic E-state index is 12.8. The van der Waals surface area contributed by atoms with E-state index in [1.807, 2.05) is 19.1 Å². The lowest BCUT2D eigenvalue weighted by atomic mass is 9.84. The fourth-order valence-corrected chi connectivity index (χ4v) is 6.63. The zero-order valence-corrected chi connectivity index (χ0v) is 21.5. The largest absolute Gasteiger partial charge is 0.466 e. The van der Waals surface area contributed by atoms with Crippen LogP contribution in [0.5, 0.6) is 0 Å². The van der Waals surface area contributed by atoms with Gasteiger partial charge in [0.05, 0.1) is 33.5 Å². The fraction of sp³-hybridized carbons (Fsp3) is 0.385. The Labute approximate surface area is 217 Å². The second-order valence-electron chi connectivity index (χ2n) is 9.32. The molecule has 3 amide bonds. The molecule has 1 heterocycles. The van der Waals surface area contributed by atoms with Crippen molar-refractivity contribution in [2.45, 2.75) is 39.2 Å². The normalized spacial score (nSPS) is 22.4. The van der Waals surface area contributed by atoms with Crippen LogP contribution in [0.25, 0.3) is 10.2 Å². The zero-order chi connectivity index (χ0) is 25.4. The maximum Gasteiger partial charge on any atom is 0.321 e. The molecule has 2 aromatic carbocycles. The molecule has 36 heavy (non-hydrogen) atoms. The van der Waals surface area contributed by atoms with Crippen molar-refractivity contribution in [3.8, 4) is 0 Å². The average Bonchev–Trinajstić information content (AvgIpc) is 3.55. The number of fused-ring (bicyclic) bond motifs is 3. The molecule has 2 fully saturated rings. The van der Waals surface area contributed by atoms with Crippen LogP contribution in [0.15, 0.2) is 36.4 Å². The van der Waals surface area contributed by atoms with Crippen LogP contribution in [0, 0.1) is 24.7 Å². The lowest BCUT2D eigenvalue weighted by Crippen LogP contribution is -2.48. The number of rotatable bonds is 6. The molecule has 2 bridgehead atoms. The highest BCUT2D eigenvalue weighted by Gasteiger charge is 2.52. The van der Waals surface area contributed by atoms with Gasteiger partial charge in [0, 0.05) is 11.6 Å². The molecule has 4 unspecified atom stereocenters. The summed E-state index contributed by atoms with van der Waals surface area (Å²) >= 11 is 7.51. The predicted molar refractivity (Wildman–Crippen MR) is 141 cm³/mol. The average molecular weight is 527 g/mol. The van der Waals surface area contributed by atoms with Crippen molar-refractivity contribution >= 4 is 61.9 Å². The number of nitrogens with one attached hydrogen (secondary N) is 3. The van der Waals surface area contributed by atoms with E-state index in [2.05, 4.69) is 20.9 Å². The van der Waals surface area contributed by atoms with Gasteiger partial charge in [-0.3, -0.25) is 14.9 Å². The minimum absolute atomic E-state index is 0.229. The summed E-state index contributed by atoms with van der Waals surface area (Å²) in [6, 6.07) is 9.98. The number of para-hydroxylation sites is 1. The molecule has 1 aromatic heterocycles. The van der Waals surface area contributed by atoms with E-state index in [0.29, 0.717) is 33.5 Å². The molecular weight excluding hydrogens is 500 g/mol. The summed E-state index contributed by atoms with van der Waals surface area (Å²) < 4.78 is 6.03. The van der Waals surface area contributed by atoms with Gasteiger partial charge < -0.3 is 15.4 Å². The van der Waals surface area contributed by atoms with Gasteiger partial charge in [-0.2, -0.15) is 0 Å². The van der Waals surface area contributed by atoms with Gasteiger partial charge in [0.15, 0.2) is 5.13 Å². The van der Waals surface area contributed by atoms with Crippen LogP contribution < -0.4 is 16.0 Å². The summed E-state index contributed by atoms with van der Waals surface area (Å²) in [6.07, 6.45) is 2.94. The van der Waals surface area contributed by atoms with Crippen molar-refractivity contribution < 1.29 is 19.1 Å². The van der Waals surface area contributed by atoms with Crippen molar-refractivity contribution in [3.63, 3.8) is 0 Å². The molecule has 0 saturated heterocycles. The maximum atomic E-state index is 12.8. The molecule has 10 heteroatoms. The molecule has 0 radical (unpaired) electrons. The highest BCUT2D eigenvalue weighted by atomic mass is 35.5. The molecule has 3 N–H and O–H groups in total. The minimum atomic E-state index is -0.395. The zero-order valence-electron chi connectivity index (χ0n) is 20.0. The fourth-order valence-electron chi connectivity index (χ4n) is 5.46. The number of urea groups is 1. The molecule has 8 nitrogen and oxygen atoms in total. The number of carbonyl (C=O) groups excluding carboxylic acids is 3. The van der Waals surface area contributed by atoms with Crippen LogP contribution in [-0.4, -0.2) is 35.5 Å². The summed E-state index contributed by atoms with van der Waals surface area (Å²) in [7, 11) is 0. The van der Waals surface area contributed by atoms with Gasteiger partial charge >= 0.3 is 12.0 Å². The Bertz CT molecular complexity index is 1320. The summed E-state index contributed by atoms with van der Waals surface area (Å²) in [5.41, 5.74) is 2.58. The minimum Gasteiger partial charge on any atom is -0.466 e. The van der Waals surface area contributed by atoms with Crippen molar-refractivity contribution in [2.24, 2.45) is 17.8 Å². The Morgan fingerprint density at radius 3 is 2.72 bits per heavy atom. The number of carbonyl (C=O) groups is 3. The first-order valence-electron chi connectivity index (χ1n) is 12.0. The van der Waals surface area contributed by atoms with Crippen LogP contribution >= 0.6 is 22.9 Å². The number of amides is 3. The van der Waals surface area contributed by atoms with E-state index in [1.54, 1.807) is 31.2 Å². The van der Waals surface area contributed by atoms with Crippen LogP contribution in [-0.2, 0) is 9.53 Å². The van der Waals surface area contributed by atoms with Crippen LogP contribution in [0.1, 0.15) is 42.1 Å². The van der Waals surface area contributed by atoms with Gasteiger partial charge in [0.25, 0.3) is 5.91 Å². The van der Waals surface area contributed by atoms with Gasteiger partial charge in [-0.1, -0.05) is 35.1 Å². The first-order valence-corrected chi connectivity index (χ1v) is 13.2. The van der Waals surface area contributed by atoms with E-state index < -0.39 is 6.03 Å². The number of aryl methyl sites for hydroxylation is 1. The Balaban J connectivity index is 1.27. The number of thiazole rings is 1. The Morgan fingerprint density at radius 1 is 1.14 bits per heavy atom. The summed E-state index contributed by atoms with van der Waals surface area (Å²) in [5, 5.41) is 9.56. The van der Waals surface area contributed by atoms with Crippen molar-refractivity contribution in [2.75, 3.05) is 17.2 Å². The van der Waals surface area contributed by atoms with E-state index in [9.17, 15) is 14.4 Å². The summed E-state index contributed by atoms with van der Waals surface area (Å²) in [5.74, 6) is -0.260. The van der Waals surface area contributed by atoms with Crippen molar-refractivity contribution in [3.05, 3.63) is 52.5 Å². The number of aromatic nitrogens is 1. The van der Waals surface area contributed by atoms with E-state index in [0.717, 1.165) is 29.5 Å². The molecular formula is C26H27ClN4O4S. The van der Waals surface area contributed by atoms with Crippen LogP contribution in [0.3, 0.4) is 0 Å². The molecule has 5 rings (SSSR count). The third-order valence-corrected chi connectivity index (χ3v) is 8.35. The summed E-state index contributed by atoms with van der Waals surface area (Å²) in [6.45, 7) is 4.00. The Morgan fingerprint density at radius 2 is 1.94 bits per heavy atom. The molecule has 0 aliphatic heterocycles. The molecule has 2 saturated carbocycles. The number of halogens is 1. The third-order valence-electron chi connectivity index (χ3n) is 7.10. The number of benzene rings is 2. The Hall–Kier alpha value is -3.17. The number of anilines is 2. The first-order chi connectivity index (χ1) is 17.3. The molecule has 188 valence electrons. The first kappa shape index (κ1) is 24.5. The number of ether oxygens (including phenoxy) is 1. The number of nitrogens with zero attached hydrogens (tertiary/aromatic N) is 1. The second-order valence-corrected chi connectivity index (χ2v) is 10.8. The van der Waals surface area contributed by atoms with Crippen LogP contribution in [0.4, 0.5) is 15.6 Å². The van der Waals surface area contributed by atoms with Gasteiger partial charge in [-0.25, -0.2) is 9.78 Å². The van der Waals surface area contributed by atoms with E-state index in [1.165, 1.54) is 11.3 Å². The van der Waals surface area contributed by atoms with Gasteiger partial charge in [0.1, 0.15) is 0 Å². The van der Waals surface area contributed by atoms with E-state index >= 15 is 0 Å². The molecule has 2 aliphatic rings. The third kappa shape index (κ3) is 4.77. The molecule has 2 aliphatic carbocycles. The van der Waals surface area contributed by atoms with Gasteiger partial charge in [-0.15, -0.1) is 0 Å². The quantitative estimate of drug-likeness (QED) is 0.362.